The Bertz CT molecular complexity index is 177. The lowest BCUT2D eigenvalue weighted by Gasteiger charge is -2.34. The van der Waals surface area contributed by atoms with Crippen molar-refractivity contribution in [3.8, 4) is 0 Å². The molecule has 0 atom stereocenters. The van der Waals surface area contributed by atoms with E-state index in [-0.39, 0.29) is 0 Å². The maximum atomic E-state index is 5.55. The fourth-order valence-corrected chi connectivity index (χ4v) is 2.11. The van der Waals surface area contributed by atoms with Gasteiger partial charge in [-0.3, -0.25) is 0 Å². The van der Waals surface area contributed by atoms with Crippen LogP contribution in [0.2, 0.25) is 0 Å². The molecule has 1 aliphatic rings. The van der Waals surface area contributed by atoms with Crippen molar-refractivity contribution >= 4 is 11.6 Å². The maximum Gasteiger partial charge on any atom is 0.0404 e. The van der Waals surface area contributed by atoms with E-state index in [1.165, 1.54) is 25.7 Å². The van der Waals surface area contributed by atoms with Crippen LogP contribution in [0.25, 0.3) is 0 Å². The number of hydrogen-bond donors (Lipinski definition) is 1. The Morgan fingerprint density at radius 3 is 2.50 bits per heavy atom. The molecule has 82 valence electrons. The molecule has 0 spiro atoms. The van der Waals surface area contributed by atoms with Crippen molar-refractivity contribution in [2.24, 2.45) is 5.41 Å². The predicted molar refractivity (Wildman–Crippen MR) is 63.9 cm³/mol. The van der Waals surface area contributed by atoms with Gasteiger partial charge < -0.3 is 5.32 Å². The summed E-state index contributed by atoms with van der Waals surface area (Å²) in [6, 6.07) is 0.725. The maximum absolute atomic E-state index is 5.55. The lowest BCUT2D eigenvalue weighted by atomic mass is 9.75. The molecule has 0 aromatic rings. The minimum absolute atomic E-state index is 0.574. The van der Waals surface area contributed by atoms with Crippen LogP contribution in [0.1, 0.15) is 39.5 Å². The third-order valence-electron chi connectivity index (χ3n) is 3.12. The first-order valence-corrected chi connectivity index (χ1v) is 6.12. The highest BCUT2D eigenvalue weighted by Gasteiger charge is 2.25. The fourth-order valence-electron chi connectivity index (χ4n) is 1.98. The number of allylic oxidation sites excluding steroid dienone is 1. The number of hydrogen-bond acceptors (Lipinski definition) is 1. The van der Waals surface area contributed by atoms with E-state index in [9.17, 15) is 0 Å². The predicted octanol–water partition coefficient (Wildman–Crippen LogP) is 3.34. The quantitative estimate of drug-likeness (QED) is 0.561. The van der Waals surface area contributed by atoms with Crippen LogP contribution in [0, 0.1) is 5.41 Å². The number of nitrogens with one attached hydrogen (secondary N) is 1. The first-order chi connectivity index (χ1) is 6.64. The van der Waals surface area contributed by atoms with Crippen LogP contribution in [0.4, 0.5) is 0 Å². The Kier molecular flexibility index (Phi) is 4.97. The molecule has 0 heterocycles. The van der Waals surface area contributed by atoms with Crippen LogP contribution in [0.3, 0.4) is 0 Å². The second-order valence-corrected chi connectivity index (χ2v) is 5.28. The average Bonchev–Trinajstić information content (AvgIpc) is 2.15. The molecule has 0 radical (unpaired) electrons. The third kappa shape index (κ3) is 4.47. The molecular weight excluding hydrogens is 194 g/mol. The Morgan fingerprint density at radius 2 is 1.93 bits per heavy atom. The molecule has 0 aliphatic heterocycles. The van der Waals surface area contributed by atoms with Gasteiger partial charge in [-0.05, 0) is 31.1 Å². The van der Waals surface area contributed by atoms with Crippen LogP contribution in [0.5, 0.6) is 0 Å². The third-order valence-corrected chi connectivity index (χ3v) is 3.30. The van der Waals surface area contributed by atoms with Crippen molar-refractivity contribution in [2.75, 3.05) is 12.4 Å². The van der Waals surface area contributed by atoms with Crippen molar-refractivity contribution in [3.05, 3.63) is 12.2 Å². The van der Waals surface area contributed by atoms with Crippen molar-refractivity contribution in [1.82, 2.24) is 5.32 Å². The van der Waals surface area contributed by atoms with E-state index in [4.69, 9.17) is 11.6 Å². The smallest absolute Gasteiger partial charge is 0.0404 e. The summed E-state index contributed by atoms with van der Waals surface area (Å²) in [6.45, 7) is 5.71. The largest absolute Gasteiger partial charge is 0.311 e. The summed E-state index contributed by atoms with van der Waals surface area (Å²) in [6.07, 6.45) is 9.46. The molecule has 1 saturated carbocycles. The zero-order valence-corrected chi connectivity index (χ0v) is 10.1. The molecule has 0 aromatic heterocycles. The van der Waals surface area contributed by atoms with Gasteiger partial charge in [0.05, 0.1) is 0 Å². The molecule has 14 heavy (non-hydrogen) atoms. The van der Waals surface area contributed by atoms with Crippen LogP contribution in [-0.4, -0.2) is 18.5 Å². The topological polar surface area (TPSA) is 12.0 Å². The number of rotatable bonds is 4. The molecule has 1 aliphatic carbocycles. The van der Waals surface area contributed by atoms with Crippen LogP contribution >= 0.6 is 11.6 Å². The van der Waals surface area contributed by atoms with Crippen molar-refractivity contribution in [2.45, 2.75) is 45.6 Å². The SMILES string of the molecule is CC1(C)CCC(NC/C=C/CCl)CC1. The molecule has 0 saturated heterocycles. The first kappa shape index (κ1) is 12.1. The highest BCUT2D eigenvalue weighted by atomic mass is 35.5. The van der Waals surface area contributed by atoms with Gasteiger partial charge in [-0.15, -0.1) is 11.6 Å². The first-order valence-electron chi connectivity index (χ1n) is 5.58. The Labute approximate surface area is 92.9 Å². The number of alkyl halides is 1. The van der Waals surface area contributed by atoms with Gasteiger partial charge in [-0.2, -0.15) is 0 Å². The average molecular weight is 216 g/mol. The van der Waals surface area contributed by atoms with Gasteiger partial charge in [0, 0.05) is 18.5 Å². The van der Waals surface area contributed by atoms with E-state index >= 15 is 0 Å². The Morgan fingerprint density at radius 1 is 1.29 bits per heavy atom. The van der Waals surface area contributed by atoms with E-state index in [0.717, 1.165) is 12.6 Å². The Hall–Kier alpha value is -0.0100. The second kappa shape index (κ2) is 5.77. The molecule has 1 nitrogen and oxygen atoms in total. The van der Waals surface area contributed by atoms with E-state index in [1.54, 1.807) is 0 Å². The monoisotopic (exact) mass is 215 g/mol. The summed E-state index contributed by atoms with van der Waals surface area (Å²) in [7, 11) is 0. The normalized spacial score (nSPS) is 23.1. The van der Waals surface area contributed by atoms with Gasteiger partial charge in [-0.1, -0.05) is 26.0 Å². The summed E-state index contributed by atoms with van der Waals surface area (Å²) in [4.78, 5) is 0. The molecule has 0 amide bonds. The standard InChI is InChI=1S/C12H22ClN/c1-12(2)7-5-11(6-8-12)14-10-4-3-9-13/h3-4,11,14H,5-10H2,1-2H3/b4-3+. The molecule has 0 aromatic carbocycles. The van der Waals surface area contributed by atoms with E-state index in [2.05, 4.69) is 25.2 Å². The lowest BCUT2D eigenvalue weighted by molar-refractivity contribution is 0.209. The second-order valence-electron chi connectivity index (χ2n) is 4.97. The zero-order valence-electron chi connectivity index (χ0n) is 9.35. The summed E-state index contributed by atoms with van der Waals surface area (Å²) in [5.74, 6) is 0.624. The van der Waals surface area contributed by atoms with Gasteiger partial charge in [0.25, 0.3) is 0 Å². The van der Waals surface area contributed by atoms with Gasteiger partial charge >= 0.3 is 0 Å². The summed E-state index contributed by atoms with van der Waals surface area (Å²) in [5.41, 5.74) is 0.574. The minimum Gasteiger partial charge on any atom is -0.311 e. The minimum atomic E-state index is 0.574. The van der Waals surface area contributed by atoms with Crippen molar-refractivity contribution in [1.29, 1.82) is 0 Å². The highest BCUT2D eigenvalue weighted by Crippen LogP contribution is 2.34. The van der Waals surface area contributed by atoms with Crippen molar-refractivity contribution in [3.63, 3.8) is 0 Å². The summed E-state index contributed by atoms with van der Waals surface area (Å²) in [5, 5.41) is 3.55. The van der Waals surface area contributed by atoms with Crippen LogP contribution in [0.15, 0.2) is 12.2 Å². The molecule has 0 bridgehead atoms. The molecule has 1 fully saturated rings. The fraction of sp³-hybridized carbons (Fsp3) is 0.833. The van der Waals surface area contributed by atoms with E-state index in [0.29, 0.717) is 11.3 Å². The molecule has 2 heteroatoms. The van der Waals surface area contributed by atoms with Crippen LogP contribution < -0.4 is 5.32 Å². The summed E-state index contributed by atoms with van der Waals surface area (Å²) < 4.78 is 0. The van der Waals surface area contributed by atoms with Gasteiger partial charge in [0.1, 0.15) is 0 Å². The molecule has 1 N–H and O–H groups in total. The summed E-state index contributed by atoms with van der Waals surface area (Å²) >= 11 is 5.55. The van der Waals surface area contributed by atoms with Gasteiger partial charge in [0.15, 0.2) is 0 Å². The van der Waals surface area contributed by atoms with E-state index < -0.39 is 0 Å². The van der Waals surface area contributed by atoms with Crippen LogP contribution in [-0.2, 0) is 0 Å². The van der Waals surface area contributed by atoms with Crippen molar-refractivity contribution < 1.29 is 0 Å². The van der Waals surface area contributed by atoms with Gasteiger partial charge in [-0.25, -0.2) is 0 Å². The van der Waals surface area contributed by atoms with Gasteiger partial charge in [0.2, 0.25) is 0 Å². The molecule has 1 rings (SSSR count). The van der Waals surface area contributed by atoms with E-state index in [1.807, 2.05) is 6.08 Å². The lowest BCUT2D eigenvalue weighted by Crippen LogP contribution is -2.35. The molecule has 0 unspecified atom stereocenters. The number of halogens is 1. The zero-order chi connectivity index (χ0) is 10.4. The highest BCUT2D eigenvalue weighted by molar-refractivity contribution is 6.18. The Balaban J connectivity index is 2.13. The molecular formula is C12H22ClN.